The van der Waals surface area contributed by atoms with Gasteiger partial charge in [-0.05, 0) is 54.2 Å². The van der Waals surface area contributed by atoms with Gasteiger partial charge in [0.15, 0.2) is 0 Å². The first-order chi connectivity index (χ1) is 13.6. The lowest BCUT2D eigenvalue weighted by Gasteiger charge is -2.33. The Morgan fingerprint density at radius 3 is 2.89 bits per heavy atom. The van der Waals surface area contributed by atoms with E-state index in [1.807, 2.05) is 17.9 Å². The van der Waals surface area contributed by atoms with Gasteiger partial charge in [-0.1, -0.05) is 19.1 Å². The summed E-state index contributed by atoms with van der Waals surface area (Å²) in [4.78, 5) is 20.2. The number of likely N-dealkylation sites (tertiary alicyclic amines) is 1. The first-order valence-electron chi connectivity index (χ1n) is 10.1. The van der Waals surface area contributed by atoms with Gasteiger partial charge in [0, 0.05) is 32.1 Å². The van der Waals surface area contributed by atoms with Crippen molar-refractivity contribution in [3.8, 4) is 0 Å². The Bertz CT molecular complexity index is 992. The molecule has 0 radical (unpaired) electrons. The number of aromatic nitrogens is 4. The third-order valence-electron chi connectivity index (χ3n) is 5.50. The van der Waals surface area contributed by atoms with Crippen LogP contribution in [0.1, 0.15) is 55.3 Å². The molecule has 1 atom stereocenters. The first kappa shape index (κ1) is 19.2. The van der Waals surface area contributed by atoms with E-state index < -0.39 is 0 Å². The summed E-state index contributed by atoms with van der Waals surface area (Å²) >= 11 is 3.49. The number of aryl methyl sites for hydroxylation is 2. The summed E-state index contributed by atoms with van der Waals surface area (Å²) in [6.07, 6.45) is 4.82. The Morgan fingerprint density at radius 2 is 2.11 bits per heavy atom. The van der Waals surface area contributed by atoms with Crippen LogP contribution in [0.4, 0.5) is 0 Å². The molecule has 3 heterocycles. The third kappa shape index (κ3) is 3.36. The standard InChI is InChI=1S/C21H26BrN5O/c1-3-11-26-18-10-6-5-9-17(18)24-20(26)15-8-7-12-25(14-15)21(28)19-16(22)13-23-27(19)4-2/h5-6,9-10,13,15H,3-4,7-8,11-12,14H2,1-2H3. The molecule has 28 heavy (non-hydrogen) atoms. The number of amides is 1. The number of hydrogen-bond donors (Lipinski definition) is 0. The fourth-order valence-electron chi connectivity index (χ4n) is 4.20. The van der Waals surface area contributed by atoms with Crippen LogP contribution in [0.5, 0.6) is 0 Å². The third-order valence-corrected chi connectivity index (χ3v) is 6.08. The van der Waals surface area contributed by atoms with Gasteiger partial charge in [0.25, 0.3) is 5.91 Å². The van der Waals surface area contributed by atoms with Crippen molar-refractivity contribution in [2.24, 2.45) is 0 Å². The summed E-state index contributed by atoms with van der Waals surface area (Å²) in [6.45, 7) is 7.31. The molecule has 0 N–H and O–H groups in total. The number of carbonyl (C=O) groups is 1. The molecule has 1 amide bonds. The molecule has 0 saturated carbocycles. The van der Waals surface area contributed by atoms with E-state index in [2.05, 4.69) is 50.7 Å². The summed E-state index contributed by atoms with van der Waals surface area (Å²) in [5, 5.41) is 4.30. The average Bonchev–Trinajstić information content (AvgIpc) is 3.28. The van der Waals surface area contributed by atoms with E-state index in [-0.39, 0.29) is 11.8 Å². The predicted octanol–water partition coefficient (Wildman–Crippen LogP) is 4.45. The molecule has 7 heteroatoms. The Kier molecular flexibility index (Phi) is 5.53. The van der Waals surface area contributed by atoms with E-state index >= 15 is 0 Å². The average molecular weight is 444 g/mol. The highest BCUT2D eigenvalue weighted by Crippen LogP contribution is 2.31. The minimum atomic E-state index is 0.0501. The number of piperidine rings is 1. The normalized spacial score (nSPS) is 17.4. The predicted molar refractivity (Wildman–Crippen MR) is 114 cm³/mol. The molecule has 6 nitrogen and oxygen atoms in total. The molecule has 4 rings (SSSR count). The lowest BCUT2D eigenvalue weighted by molar-refractivity contribution is 0.0690. The number of carbonyl (C=O) groups excluding carboxylic acids is 1. The molecule has 0 aliphatic carbocycles. The van der Waals surface area contributed by atoms with Gasteiger partial charge in [-0.2, -0.15) is 5.10 Å². The van der Waals surface area contributed by atoms with Crippen molar-refractivity contribution in [3.63, 3.8) is 0 Å². The number of para-hydroxylation sites is 2. The van der Waals surface area contributed by atoms with Gasteiger partial charge in [0.05, 0.1) is 21.7 Å². The SMILES string of the molecule is CCCn1c(C2CCCN(C(=O)c3c(Br)cnn3CC)C2)nc2ccccc21. The Balaban J connectivity index is 1.64. The smallest absolute Gasteiger partial charge is 0.273 e. The summed E-state index contributed by atoms with van der Waals surface area (Å²) in [5.41, 5.74) is 2.88. The van der Waals surface area contributed by atoms with Crippen molar-refractivity contribution in [2.75, 3.05) is 13.1 Å². The zero-order valence-electron chi connectivity index (χ0n) is 16.4. The highest BCUT2D eigenvalue weighted by molar-refractivity contribution is 9.10. The van der Waals surface area contributed by atoms with Gasteiger partial charge >= 0.3 is 0 Å². The van der Waals surface area contributed by atoms with E-state index in [0.717, 1.165) is 48.2 Å². The van der Waals surface area contributed by atoms with E-state index in [0.29, 0.717) is 18.8 Å². The number of rotatable bonds is 5. The summed E-state index contributed by atoms with van der Waals surface area (Å²) in [6, 6.07) is 8.33. The van der Waals surface area contributed by atoms with Crippen molar-refractivity contribution in [1.82, 2.24) is 24.2 Å². The number of halogens is 1. The van der Waals surface area contributed by atoms with Crippen molar-refractivity contribution in [1.29, 1.82) is 0 Å². The number of nitrogens with zero attached hydrogens (tertiary/aromatic N) is 5. The van der Waals surface area contributed by atoms with Crippen LogP contribution < -0.4 is 0 Å². The maximum absolute atomic E-state index is 13.2. The van der Waals surface area contributed by atoms with E-state index in [9.17, 15) is 4.79 Å². The second kappa shape index (κ2) is 8.07. The summed E-state index contributed by atoms with van der Waals surface area (Å²) < 4.78 is 4.88. The first-order valence-corrected chi connectivity index (χ1v) is 10.9. The van der Waals surface area contributed by atoms with Gasteiger partial charge in [-0.3, -0.25) is 9.48 Å². The maximum atomic E-state index is 13.2. The fourth-order valence-corrected chi connectivity index (χ4v) is 4.67. The molecule has 1 unspecified atom stereocenters. The highest BCUT2D eigenvalue weighted by Gasteiger charge is 2.31. The quantitative estimate of drug-likeness (QED) is 0.585. The monoisotopic (exact) mass is 443 g/mol. The Labute approximate surface area is 173 Å². The van der Waals surface area contributed by atoms with Crippen LogP contribution in [-0.4, -0.2) is 43.2 Å². The van der Waals surface area contributed by atoms with Gasteiger partial charge in [-0.15, -0.1) is 0 Å². The van der Waals surface area contributed by atoms with Crippen LogP contribution in [0.2, 0.25) is 0 Å². The molecule has 1 fully saturated rings. The minimum absolute atomic E-state index is 0.0501. The Morgan fingerprint density at radius 1 is 1.29 bits per heavy atom. The topological polar surface area (TPSA) is 56.0 Å². The lowest BCUT2D eigenvalue weighted by atomic mass is 9.96. The zero-order valence-corrected chi connectivity index (χ0v) is 18.0. The van der Waals surface area contributed by atoms with Crippen LogP contribution in [0, 0.1) is 0 Å². The van der Waals surface area contributed by atoms with Crippen molar-refractivity contribution in [2.45, 2.75) is 52.1 Å². The van der Waals surface area contributed by atoms with Gasteiger partial charge in [-0.25, -0.2) is 4.98 Å². The van der Waals surface area contributed by atoms with Crippen LogP contribution in [-0.2, 0) is 13.1 Å². The molecule has 1 aliphatic rings. The number of hydrogen-bond acceptors (Lipinski definition) is 3. The number of fused-ring (bicyclic) bond motifs is 1. The van der Waals surface area contributed by atoms with Gasteiger partial charge < -0.3 is 9.47 Å². The molecule has 2 aromatic heterocycles. The lowest BCUT2D eigenvalue weighted by Crippen LogP contribution is -2.40. The second-order valence-electron chi connectivity index (χ2n) is 7.36. The highest BCUT2D eigenvalue weighted by atomic mass is 79.9. The van der Waals surface area contributed by atoms with Crippen LogP contribution >= 0.6 is 15.9 Å². The Hall–Kier alpha value is -2.15. The van der Waals surface area contributed by atoms with Crippen molar-refractivity contribution < 1.29 is 4.79 Å². The molecule has 0 bridgehead atoms. The minimum Gasteiger partial charge on any atom is -0.337 e. The molecule has 148 valence electrons. The van der Waals surface area contributed by atoms with Crippen LogP contribution in [0.25, 0.3) is 11.0 Å². The fraction of sp³-hybridized carbons (Fsp3) is 0.476. The van der Waals surface area contributed by atoms with Crippen LogP contribution in [0.3, 0.4) is 0 Å². The van der Waals surface area contributed by atoms with E-state index in [1.54, 1.807) is 10.9 Å². The molecular weight excluding hydrogens is 418 g/mol. The zero-order chi connectivity index (χ0) is 19.7. The summed E-state index contributed by atoms with van der Waals surface area (Å²) in [5.74, 6) is 1.42. The van der Waals surface area contributed by atoms with E-state index in [1.165, 1.54) is 5.52 Å². The van der Waals surface area contributed by atoms with Crippen molar-refractivity contribution >= 4 is 32.9 Å². The number of benzene rings is 1. The molecule has 0 spiro atoms. The summed E-state index contributed by atoms with van der Waals surface area (Å²) in [7, 11) is 0. The molecule has 1 aliphatic heterocycles. The van der Waals surface area contributed by atoms with E-state index in [4.69, 9.17) is 4.98 Å². The van der Waals surface area contributed by atoms with Gasteiger partial charge in [0.1, 0.15) is 11.5 Å². The van der Waals surface area contributed by atoms with Crippen LogP contribution in [0.15, 0.2) is 34.9 Å². The molecular formula is C21H26BrN5O. The largest absolute Gasteiger partial charge is 0.337 e. The maximum Gasteiger partial charge on any atom is 0.273 e. The van der Waals surface area contributed by atoms with Gasteiger partial charge in [0.2, 0.25) is 0 Å². The molecule has 1 aromatic carbocycles. The molecule has 1 saturated heterocycles. The van der Waals surface area contributed by atoms with Crippen molar-refractivity contribution in [3.05, 3.63) is 46.5 Å². The molecule has 3 aromatic rings. The number of imidazole rings is 1. The second-order valence-corrected chi connectivity index (χ2v) is 8.21.